The maximum absolute atomic E-state index is 11.4. The molecule has 0 unspecified atom stereocenters. The van der Waals surface area contributed by atoms with E-state index < -0.39 is 36.2 Å². The van der Waals surface area contributed by atoms with E-state index in [1.54, 1.807) is 37.2 Å². The number of aldehydes is 2. The van der Waals surface area contributed by atoms with Gasteiger partial charge in [-0.15, -0.1) is 0 Å². The van der Waals surface area contributed by atoms with Crippen molar-refractivity contribution >= 4 is 106 Å². The largest absolute Gasteiger partial charge is 0.495 e. The number of nitrogens with two attached hydrogens (primary N) is 1. The lowest BCUT2D eigenvalue weighted by Crippen LogP contribution is -2.52. The molecule has 12 aromatic rings. The average Bonchev–Trinajstić information content (AvgIpc) is 1.64. The zero-order valence-corrected chi connectivity index (χ0v) is 62.8. The lowest BCUT2D eigenvalue weighted by Gasteiger charge is -2.32. The van der Waals surface area contributed by atoms with Crippen molar-refractivity contribution in [2.75, 3.05) is 13.2 Å². The molecule has 1 fully saturated rings. The molecule has 0 aliphatic carbocycles. The molecule has 107 heavy (non-hydrogen) atoms. The van der Waals surface area contributed by atoms with Crippen molar-refractivity contribution in [3.63, 3.8) is 0 Å². The second-order valence-electron chi connectivity index (χ2n) is 27.1. The van der Waals surface area contributed by atoms with Crippen molar-refractivity contribution in [1.82, 2.24) is 53.4 Å². The zero-order valence-electron chi connectivity index (χ0n) is 61.2. The van der Waals surface area contributed by atoms with Crippen LogP contribution in [0.5, 0.6) is 0 Å². The predicted molar refractivity (Wildman–Crippen MR) is 427 cm³/mol. The highest BCUT2D eigenvalue weighted by molar-refractivity contribution is 9.10. The molecule has 0 amide bonds. The first-order valence-electron chi connectivity index (χ1n) is 34.0. The third-order valence-corrected chi connectivity index (χ3v) is 19.2. The van der Waals surface area contributed by atoms with Gasteiger partial charge in [-0.3, -0.25) is 39.4 Å². The topological polar surface area (TPSA) is 309 Å². The first-order chi connectivity index (χ1) is 50.5. The van der Waals surface area contributed by atoms with Crippen LogP contribution in [0.1, 0.15) is 142 Å². The molecule has 2 atom stereocenters. The number of nitrogens with one attached hydrogen (secondary N) is 1. The Morgan fingerprint density at radius 2 is 0.991 bits per heavy atom. The number of aryl methyl sites for hydroxylation is 3. The van der Waals surface area contributed by atoms with E-state index in [-0.39, 0.29) is 25.7 Å². The SMILES string of the molecule is Brc1cn2ccnc2cn1.C.C[C@](N)(CO)C(=O)O.Cc1ccc(C=O)cc1/C=C/c1cccc(-c2cn3ccnc3cn2)c1C.Cc1ccc(C=O)cc1/C=C/c1cccc(B2OC(C)(C)C(C)(C)O2)c1C.Cc1ccc(CN[C@@](C)(CO)C(=O)O)cc1/C=C/c1cncc(-c2cn3ccnc3cn2)c1C. The summed E-state index contributed by atoms with van der Waals surface area (Å²) in [5.74, 6) is -2.29. The Kier molecular flexibility index (Phi) is 27.3. The van der Waals surface area contributed by atoms with Crippen molar-refractivity contribution in [3.8, 4) is 22.5 Å². The first kappa shape index (κ1) is 81.6. The minimum atomic E-state index is -1.49. The highest BCUT2D eigenvalue weighted by Gasteiger charge is 2.52. The van der Waals surface area contributed by atoms with E-state index >= 15 is 0 Å². The standard InChI is InChI=1S/C26H27N5O3.C23H27BO3.C23H19N3O.C6H4BrN3.C4H9NO3.CH4/c1-17-4-5-19(11-30-26(3,16-32)25(33)34)10-20(17)6-7-21-12-27-13-22(18(21)2)23-15-31-9-8-28-24(31)14-29-23;1-16-10-11-18(15-25)14-20(16)13-12-19-8-7-9-21(17(19)2)24-26-22(3,4)23(5,6)27-24;1-16-6-7-18(15-27)12-20(16)9-8-19-4-3-5-21(17(19)2)22-14-26-11-10-24-23(26)13-25-22;7-5-4-10-2-1-8-6(10)3-9-5;1-4(5,2-6)3(7)8;/h4-10,12-15,30,32H,11,16H2,1-3H3,(H,33,34);7-15H,1-6H3;3-15H,1-2H3;1-4H;6H,2,5H2,1H3,(H,7,8);1H4/b7-6+;13-12+;9-8+;;;/t26-;;;;4-;/m0...0./s1. The number of halogens is 1. The number of aliphatic carboxylic acids is 2. The molecule has 7 N–H and O–H groups in total. The van der Waals surface area contributed by atoms with Crippen molar-refractivity contribution in [3.05, 3.63) is 266 Å². The number of imidazole rings is 3. The van der Waals surface area contributed by atoms with Gasteiger partial charge in [0.25, 0.3) is 0 Å². The van der Waals surface area contributed by atoms with Gasteiger partial charge in [-0.2, -0.15) is 0 Å². The summed E-state index contributed by atoms with van der Waals surface area (Å²) >= 11 is 3.26. The summed E-state index contributed by atoms with van der Waals surface area (Å²) in [6.07, 6.45) is 39.7. The number of rotatable bonds is 18. The number of benzene rings is 5. The van der Waals surface area contributed by atoms with Crippen LogP contribution >= 0.6 is 15.9 Å². The molecule has 24 heteroatoms. The molecule has 5 aromatic carbocycles. The highest BCUT2D eigenvalue weighted by atomic mass is 79.9. The summed E-state index contributed by atoms with van der Waals surface area (Å²) in [6.45, 7) is 22.6. The van der Waals surface area contributed by atoms with Crippen LogP contribution in [0.2, 0.25) is 0 Å². The fraction of sp³-hybridized carbons (Fsp3) is 0.241. The lowest BCUT2D eigenvalue weighted by molar-refractivity contribution is -0.146. The van der Waals surface area contributed by atoms with Gasteiger partial charge in [-0.05, 0) is 189 Å². The van der Waals surface area contributed by atoms with E-state index in [1.165, 1.54) is 13.8 Å². The summed E-state index contributed by atoms with van der Waals surface area (Å²) in [6, 6.07) is 29.8. The molecule has 1 aliphatic heterocycles. The molecule has 1 saturated heterocycles. The minimum absolute atomic E-state index is 0. The Balaban J connectivity index is 0.000000181. The molecule has 0 spiro atoms. The number of fused-ring (bicyclic) bond motifs is 3. The molecule has 0 bridgehead atoms. The summed E-state index contributed by atoms with van der Waals surface area (Å²) < 4.78 is 19.0. The van der Waals surface area contributed by atoms with Crippen molar-refractivity contribution in [1.29, 1.82) is 0 Å². The molecule has 13 rings (SSSR count). The Morgan fingerprint density at radius 3 is 1.48 bits per heavy atom. The van der Waals surface area contributed by atoms with Crippen LogP contribution in [0.25, 0.3) is 75.9 Å². The van der Waals surface area contributed by atoms with Gasteiger partial charge < -0.3 is 48.7 Å². The molecule has 8 heterocycles. The van der Waals surface area contributed by atoms with Crippen molar-refractivity contribution in [2.24, 2.45) is 5.73 Å². The fourth-order valence-electron chi connectivity index (χ4n) is 10.8. The van der Waals surface area contributed by atoms with E-state index in [1.807, 2.05) is 169 Å². The van der Waals surface area contributed by atoms with Crippen LogP contribution in [0.3, 0.4) is 0 Å². The Hall–Kier alpha value is -11.1. The quantitative estimate of drug-likeness (QED) is 0.0264. The van der Waals surface area contributed by atoms with Gasteiger partial charge in [0.05, 0.1) is 54.4 Å². The van der Waals surface area contributed by atoms with Crippen LogP contribution in [-0.4, -0.2) is 136 Å². The van der Waals surface area contributed by atoms with Crippen LogP contribution in [-0.2, 0) is 25.4 Å². The third kappa shape index (κ3) is 20.3. The number of hydrogen-bond acceptors (Lipinski definition) is 17. The number of carbonyl (C=O) groups is 4. The van der Waals surface area contributed by atoms with E-state index in [0.29, 0.717) is 17.7 Å². The second-order valence-corrected chi connectivity index (χ2v) is 27.9. The van der Waals surface area contributed by atoms with Gasteiger partial charge in [0.2, 0.25) is 0 Å². The van der Waals surface area contributed by atoms with Crippen LogP contribution in [0.4, 0.5) is 0 Å². The number of carboxylic acid groups (broad SMARTS) is 2. The van der Waals surface area contributed by atoms with E-state index in [0.717, 1.165) is 134 Å². The normalized spacial score (nSPS) is 14.0. The summed E-state index contributed by atoms with van der Waals surface area (Å²) in [4.78, 5) is 73.5. The van der Waals surface area contributed by atoms with E-state index in [9.17, 15) is 29.4 Å². The molecule has 7 aromatic heterocycles. The van der Waals surface area contributed by atoms with Gasteiger partial charge in [0.1, 0.15) is 28.3 Å². The van der Waals surface area contributed by atoms with Crippen LogP contribution in [0.15, 0.2) is 182 Å². The maximum atomic E-state index is 11.4. The number of carboxylic acids is 2. The molecule has 0 radical (unpaired) electrons. The smallest absolute Gasteiger partial charge is 0.480 e. The molecular formula is C83H90BBrN12O10. The Bertz CT molecular complexity index is 5240. The number of aliphatic hydroxyl groups is 2. The van der Waals surface area contributed by atoms with Gasteiger partial charge in [-0.25, -0.2) is 19.9 Å². The molecular weight excluding hydrogens is 1420 g/mol. The van der Waals surface area contributed by atoms with Gasteiger partial charge in [-0.1, -0.05) is 123 Å². The number of pyridine rings is 1. The van der Waals surface area contributed by atoms with Gasteiger partial charge >= 0.3 is 19.1 Å². The third-order valence-electron chi connectivity index (χ3n) is 18.8. The number of aliphatic hydroxyl groups excluding tert-OH is 2. The Labute approximate surface area is 631 Å². The molecule has 552 valence electrons. The van der Waals surface area contributed by atoms with Crippen molar-refractivity contribution in [2.45, 2.75) is 119 Å². The molecule has 1 aliphatic rings. The number of hydrogen-bond donors (Lipinski definition) is 6. The van der Waals surface area contributed by atoms with Gasteiger partial charge in [0, 0.05) is 97.0 Å². The van der Waals surface area contributed by atoms with Crippen LogP contribution in [0, 0.1) is 41.5 Å². The lowest BCUT2D eigenvalue weighted by atomic mass is 9.75. The Morgan fingerprint density at radius 1 is 0.542 bits per heavy atom. The predicted octanol–water partition coefficient (Wildman–Crippen LogP) is 14.0. The number of nitrogens with zero attached hydrogens (tertiary/aromatic N) is 10. The van der Waals surface area contributed by atoms with E-state index in [2.05, 4.69) is 146 Å². The van der Waals surface area contributed by atoms with E-state index in [4.69, 9.17) is 25.3 Å². The monoisotopic (exact) mass is 1500 g/mol. The van der Waals surface area contributed by atoms with Gasteiger partial charge in [0.15, 0.2) is 16.9 Å². The van der Waals surface area contributed by atoms with Crippen LogP contribution < -0.4 is 16.5 Å². The zero-order chi connectivity index (χ0) is 76.7. The number of aromatic nitrogens is 10. The number of carbonyl (C=O) groups excluding carboxylic acids is 2. The highest BCUT2D eigenvalue weighted by Crippen LogP contribution is 2.37. The van der Waals surface area contributed by atoms with Crippen molar-refractivity contribution < 1.29 is 48.9 Å². The molecule has 22 nitrogen and oxygen atoms in total. The second kappa shape index (κ2) is 35.8. The molecule has 0 saturated carbocycles. The first-order valence-corrected chi connectivity index (χ1v) is 34.8. The minimum Gasteiger partial charge on any atom is -0.480 e. The summed E-state index contributed by atoms with van der Waals surface area (Å²) in [5, 5.41) is 38.1. The summed E-state index contributed by atoms with van der Waals surface area (Å²) in [5.41, 5.74) is 24.0. The fourth-order valence-corrected chi connectivity index (χ4v) is 11.1. The average molecular weight is 1510 g/mol. The maximum Gasteiger partial charge on any atom is 0.495 e. The summed E-state index contributed by atoms with van der Waals surface area (Å²) in [7, 11) is -0.372.